The van der Waals surface area contributed by atoms with E-state index in [9.17, 15) is 0 Å². The summed E-state index contributed by atoms with van der Waals surface area (Å²) < 4.78 is 6.53. The van der Waals surface area contributed by atoms with Gasteiger partial charge in [0.15, 0.2) is 0 Å². The molecular formula is C19H27BrNO. The summed E-state index contributed by atoms with van der Waals surface area (Å²) in [5, 5.41) is 3.65. The van der Waals surface area contributed by atoms with E-state index in [4.69, 9.17) is 4.74 Å². The van der Waals surface area contributed by atoms with Crippen molar-refractivity contribution in [1.29, 1.82) is 0 Å². The molecule has 3 heteroatoms. The van der Waals surface area contributed by atoms with Crippen molar-refractivity contribution in [2.24, 2.45) is 5.92 Å². The summed E-state index contributed by atoms with van der Waals surface area (Å²) in [6.45, 7) is 12.8. The zero-order chi connectivity index (χ0) is 16.3. The van der Waals surface area contributed by atoms with E-state index in [0.717, 1.165) is 36.2 Å². The van der Waals surface area contributed by atoms with Gasteiger partial charge in [0.2, 0.25) is 0 Å². The summed E-state index contributed by atoms with van der Waals surface area (Å²) in [7, 11) is 1.73. The van der Waals surface area contributed by atoms with Crippen molar-refractivity contribution in [2.75, 3.05) is 20.2 Å². The van der Waals surface area contributed by atoms with Gasteiger partial charge in [-0.05, 0) is 78.3 Å². The summed E-state index contributed by atoms with van der Waals surface area (Å²) in [5.74, 6) is 1.45. The predicted octanol–water partition coefficient (Wildman–Crippen LogP) is 4.67. The minimum Gasteiger partial charge on any atom is -0.496 e. The van der Waals surface area contributed by atoms with E-state index in [-0.39, 0.29) is 5.41 Å². The number of nitrogens with one attached hydrogen (secondary N) is 1. The Kier molecular flexibility index (Phi) is 5.73. The summed E-state index contributed by atoms with van der Waals surface area (Å²) in [6, 6.07) is 4.48. The van der Waals surface area contributed by atoms with Gasteiger partial charge in [0.25, 0.3) is 0 Å². The van der Waals surface area contributed by atoms with Gasteiger partial charge in [-0.1, -0.05) is 25.5 Å². The van der Waals surface area contributed by atoms with Crippen molar-refractivity contribution in [3.05, 3.63) is 46.3 Å². The highest BCUT2D eigenvalue weighted by atomic mass is 79.9. The van der Waals surface area contributed by atoms with Crippen LogP contribution in [0.4, 0.5) is 0 Å². The van der Waals surface area contributed by atoms with Gasteiger partial charge in [-0.25, -0.2) is 0 Å². The zero-order valence-corrected chi connectivity index (χ0v) is 15.7. The zero-order valence-electron chi connectivity index (χ0n) is 14.1. The number of methoxy groups -OCH3 is 1. The van der Waals surface area contributed by atoms with Crippen LogP contribution in [0.3, 0.4) is 0 Å². The normalized spacial score (nSPS) is 22.4. The summed E-state index contributed by atoms with van der Waals surface area (Å²) in [6.07, 6.45) is 4.07. The van der Waals surface area contributed by atoms with Crippen LogP contribution in [0.2, 0.25) is 0 Å². The molecule has 0 saturated carbocycles. The Morgan fingerprint density at radius 3 is 2.82 bits per heavy atom. The molecule has 0 aliphatic carbocycles. The van der Waals surface area contributed by atoms with Crippen molar-refractivity contribution >= 4 is 15.9 Å². The summed E-state index contributed by atoms with van der Waals surface area (Å²) in [4.78, 5) is 0. The van der Waals surface area contributed by atoms with E-state index in [2.05, 4.69) is 61.1 Å². The van der Waals surface area contributed by atoms with Gasteiger partial charge in [0.05, 0.1) is 11.6 Å². The van der Waals surface area contributed by atoms with Crippen LogP contribution in [-0.2, 0) is 11.8 Å². The Morgan fingerprint density at radius 2 is 2.23 bits per heavy atom. The number of halogens is 1. The Hall–Kier alpha value is -0.800. The first-order valence-electron chi connectivity index (χ1n) is 7.97. The molecule has 0 unspecified atom stereocenters. The minimum absolute atomic E-state index is 0.0961. The monoisotopic (exact) mass is 364 g/mol. The maximum absolute atomic E-state index is 5.49. The average molecular weight is 365 g/mol. The van der Waals surface area contributed by atoms with Crippen molar-refractivity contribution in [1.82, 2.24) is 5.32 Å². The molecule has 2 rings (SSSR count). The molecule has 0 saturated heterocycles. The lowest BCUT2D eigenvalue weighted by molar-refractivity contribution is 0.293. The maximum atomic E-state index is 5.49. The summed E-state index contributed by atoms with van der Waals surface area (Å²) >= 11 is 3.67. The molecule has 1 heterocycles. The van der Waals surface area contributed by atoms with Crippen LogP contribution >= 0.6 is 15.9 Å². The molecule has 1 radical (unpaired) electrons. The lowest BCUT2D eigenvalue weighted by atomic mass is 9.66. The van der Waals surface area contributed by atoms with Gasteiger partial charge >= 0.3 is 0 Å². The Bertz CT molecular complexity index is 565. The first-order chi connectivity index (χ1) is 10.4. The van der Waals surface area contributed by atoms with Crippen LogP contribution in [0.1, 0.15) is 38.3 Å². The maximum Gasteiger partial charge on any atom is 0.133 e. The largest absolute Gasteiger partial charge is 0.496 e. The van der Waals surface area contributed by atoms with Gasteiger partial charge in [-0.3, -0.25) is 0 Å². The SMILES string of the molecule is [CH2]C=C(C)C[C@@]1(C(C)C)CNCCc2cc(OC)c(Br)cc21. The molecular weight excluding hydrogens is 338 g/mol. The second-order valence-corrected chi connectivity index (χ2v) is 7.46. The van der Waals surface area contributed by atoms with Crippen molar-refractivity contribution in [3.63, 3.8) is 0 Å². The molecule has 22 heavy (non-hydrogen) atoms. The van der Waals surface area contributed by atoms with E-state index in [1.54, 1.807) is 7.11 Å². The number of hydrogen-bond donors (Lipinski definition) is 1. The van der Waals surface area contributed by atoms with E-state index >= 15 is 0 Å². The second kappa shape index (κ2) is 7.18. The molecule has 121 valence electrons. The second-order valence-electron chi connectivity index (χ2n) is 6.61. The molecule has 1 aliphatic heterocycles. The molecule has 0 aromatic heterocycles. The van der Waals surface area contributed by atoms with Crippen LogP contribution in [0.15, 0.2) is 28.3 Å². The standard InChI is InChI=1S/C19H27BrNO/c1-6-14(4)11-19(13(2)3)12-21-8-7-15-9-18(22-5)17(20)10-16(15)19/h6,9-10,13,21H,1,7-8,11-12H2,2-5H3/t19-/m0/s1. The average Bonchev–Trinajstić information content (AvgIpc) is 2.67. The van der Waals surface area contributed by atoms with Gasteiger partial charge in [-0.15, -0.1) is 0 Å². The molecule has 0 fully saturated rings. The van der Waals surface area contributed by atoms with Crippen molar-refractivity contribution < 1.29 is 4.74 Å². The topological polar surface area (TPSA) is 21.3 Å². The van der Waals surface area contributed by atoms with E-state index < -0.39 is 0 Å². The fourth-order valence-corrected chi connectivity index (χ4v) is 4.00. The number of hydrogen-bond acceptors (Lipinski definition) is 2. The van der Waals surface area contributed by atoms with Crippen molar-refractivity contribution in [3.8, 4) is 5.75 Å². The lowest BCUT2D eigenvalue weighted by Gasteiger charge is -2.39. The number of benzene rings is 1. The lowest BCUT2D eigenvalue weighted by Crippen LogP contribution is -2.42. The quantitative estimate of drug-likeness (QED) is 0.837. The third-order valence-electron chi connectivity index (χ3n) is 4.97. The Labute approximate surface area is 143 Å². The van der Waals surface area contributed by atoms with Crippen LogP contribution in [0.25, 0.3) is 0 Å². The van der Waals surface area contributed by atoms with E-state index in [0.29, 0.717) is 5.92 Å². The van der Waals surface area contributed by atoms with Crippen LogP contribution < -0.4 is 10.1 Å². The molecule has 1 N–H and O–H groups in total. The van der Waals surface area contributed by atoms with Gasteiger partial charge in [0.1, 0.15) is 5.75 Å². The fourth-order valence-electron chi connectivity index (χ4n) is 3.50. The number of ether oxygens (including phenoxy) is 1. The first-order valence-corrected chi connectivity index (χ1v) is 8.76. The summed E-state index contributed by atoms with van der Waals surface area (Å²) in [5.41, 5.74) is 4.28. The molecule has 1 aliphatic rings. The minimum atomic E-state index is 0.0961. The Balaban J connectivity index is 2.63. The third kappa shape index (κ3) is 3.26. The van der Waals surface area contributed by atoms with E-state index in [1.807, 2.05) is 6.08 Å². The van der Waals surface area contributed by atoms with Gasteiger partial charge in [-0.2, -0.15) is 0 Å². The highest BCUT2D eigenvalue weighted by Crippen LogP contribution is 2.43. The molecule has 1 aromatic rings. The van der Waals surface area contributed by atoms with Gasteiger partial charge < -0.3 is 10.1 Å². The molecule has 0 spiro atoms. The molecule has 2 nitrogen and oxygen atoms in total. The van der Waals surface area contributed by atoms with Crippen LogP contribution in [0.5, 0.6) is 5.75 Å². The number of allylic oxidation sites excluding steroid dienone is 2. The molecule has 0 amide bonds. The van der Waals surface area contributed by atoms with Crippen LogP contribution in [0, 0.1) is 12.8 Å². The third-order valence-corrected chi connectivity index (χ3v) is 5.59. The van der Waals surface area contributed by atoms with Gasteiger partial charge in [0, 0.05) is 12.0 Å². The number of rotatable bonds is 4. The Morgan fingerprint density at radius 1 is 1.50 bits per heavy atom. The van der Waals surface area contributed by atoms with Crippen molar-refractivity contribution in [2.45, 2.75) is 39.0 Å². The highest BCUT2D eigenvalue weighted by molar-refractivity contribution is 9.10. The van der Waals surface area contributed by atoms with Crippen LogP contribution in [-0.4, -0.2) is 20.2 Å². The predicted molar refractivity (Wildman–Crippen MR) is 97.5 cm³/mol. The molecule has 1 atom stereocenters. The smallest absolute Gasteiger partial charge is 0.133 e. The van der Waals surface area contributed by atoms with E-state index in [1.165, 1.54) is 16.7 Å². The first kappa shape index (κ1) is 17.6. The fraction of sp³-hybridized carbons (Fsp3) is 0.526. The molecule has 1 aromatic carbocycles. The molecule has 0 bridgehead atoms. The highest BCUT2D eigenvalue weighted by Gasteiger charge is 2.38. The number of fused-ring (bicyclic) bond motifs is 1.